The summed E-state index contributed by atoms with van der Waals surface area (Å²) in [5, 5.41) is 3.39. The maximum absolute atomic E-state index is 13.1. The number of benzene rings is 1. The topological polar surface area (TPSA) is 102 Å². The standard InChI is InChI=1S/C23H28ClNO8/c1-5-31-19(26)11-18-23(27)25-20-15(9-13(24)10-17(20)32-12-28-2)21(33-18)14-7-6-8-16(29-3)22(14)30-4/h6-9,17-18,21H,5,10-12H2,1-4H3,(H,25,27)/t17?,18-,21-/m1/s1. The lowest BCUT2D eigenvalue weighted by Gasteiger charge is -2.29. The number of amides is 1. The van der Waals surface area contributed by atoms with Gasteiger partial charge >= 0.3 is 5.97 Å². The van der Waals surface area contributed by atoms with Gasteiger partial charge in [-0.2, -0.15) is 0 Å². The molecule has 0 saturated carbocycles. The van der Waals surface area contributed by atoms with Crippen LogP contribution in [-0.4, -0.2) is 58.8 Å². The van der Waals surface area contributed by atoms with Crippen LogP contribution in [0, 0.1) is 0 Å². The lowest BCUT2D eigenvalue weighted by atomic mass is 9.92. The lowest BCUT2D eigenvalue weighted by molar-refractivity contribution is -0.152. The molecule has 1 amide bonds. The van der Waals surface area contributed by atoms with E-state index in [2.05, 4.69) is 5.32 Å². The number of para-hydroxylation sites is 1. The van der Waals surface area contributed by atoms with E-state index in [0.717, 1.165) is 0 Å². The summed E-state index contributed by atoms with van der Waals surface area (Å²) < 4.78 is 33.2. The van der Waals surface area contributed by atoms with E-state index in [1.165, 1.54) is 21.3 Å². The molecule has 0 spiro atoms. The molecule has 1 heterocycles. The fourth-order valence-electron chi connectivity index (χ4n) is 3.82. The highest BCUT2D eigenvalue weighted by atomic mass is 35.5. The van der Waals surface area contributed by atoms with E-state index in [0.29, 0.717) is 39.8 Å². The Kier molecular flexibility index (Phi) is 8.74. The summed E-state index contributed by atoms with van der Waals surface area (Å²) in [7, 11) is 4.55. The number of ether oxygens (including phenoxy) is 6. The van der Waals surface area contributed by atoms with Crippen LogP contribution in [-0.2, 0) is 28.5 Å². The molecule has 3 atom stereocenters. The van der Waals surface area contributed by atoms with Gasteiger partial charge in [-0.05, 0) is 19.1 Å². The number of nitrogens with one attached hydrogen (secondary N) is 1. The minimum absolute atomic E-state index is 0.00173. The van der Waals surface area contributed by atoms with E-state index in [-0.39, 0.29) is 19.8 Å². The van der Waals surface area contributed by atoms with Crippen molar-refractivity contribution in [3.05, 3.63) is 46.1 Å². The predicted octanol–water partition coefficient (Wildman–Crippen LogP) is 2.98. The van der Waals surface area contributed by atoms with Crippen molar-refractivity contribution in [3.8, 4) is 11.5 Å². The zero-order chi connectivity index (χ0) is 24.0. The molecule has 10 heteroatoms. The average molecular weight is 482 g/mol. The number of halogens is 1. The van der Waals surface area contributed by atoms with E-state index < -0.39 is 30.2 Å². The quantitative estimate of drug-likeness (QED) is 0.424. The number of hydrogen-bond acceptors (Lipinski definition) is 8. The second kappa shape index (κ2) is 11.5. The second-order valence-electron chi connectivity index (χ2n) is 7.31. The molecule has 0 radical (unpaired) electrons. The van der Waals surface area contributed by atoms with Crippen LogP contribution in [0.2, 0.25) is 0 Å². The van der Waals surface area contributed by atoms with Crippen LogP contribution in [0.25, 0.3) is 0 Å². The fourth-order valence-corrected chi connectivity index (χ4v) is 4.07. The van der Waals surface area contributed by atoms with Crippen LogP contribution in [0.1, 0.15) is 31.4 Å². The highest BCUT2D eigenvalue weighted by molar-refractivity contribution is 6.30. The van der Waals surface area contributed by atoms with Gasteiger partial charge in [-0.1, -0.05) is 23.7 Å². The summed E-state index contributed by atoms with van der Waals surface area (Å²) in [6.07, 6.45) is -0.693. The van der Waals surface area contributed by atoms with Gasteiger partial charge < -0.3 is 33.7 Å². The van der Waals surface area contributed by atoms with Crippen molar-refractivity contribution in [2.75, 3.05) is 34.7 Å². The fraction of sp³-hybridized carbons (Fsp3) is 0.478. The molecule has 0 bridgehead atoms. The molecule has 0 aromatic heterocycles. The minimum atomic E-state index is -1.12. The van der Waals surface area contributed by atoms with Crippen molar-refractivity contribution in [2.24, 2.45) is 0 Å². The third-order valence-corrected chi connectivity index (χ3v) is 5.48. The van der Waals surface area contributed by atoms with E-state index in [1.54, 1.807) is 31.2 Å². The van der Waals surface area contributed by atoms with Gasteiger partial charge in [0.25, 0.3) is 5.91 Å². The first-order valence-electron chi connectivity index (χ1n) is 10.5. The van der Waals surface area contributed by atoms with Gasteiger partial charge in [-0.3, -0.25) is 9.59 Å². The van der Waals surface area contributed by atoms with Gasteiger partial charge in [0.1, 0.15) is 25.1 Å². The average Bonchev–Trinajstić information content (AvgIpc) is 2.93. The molecule has 33 heavy (non-hydrogen) atoms. The molecular weight excluding hydrogens is 454 g/mol. The Labute approximate surface area is 197 Å². The van der Waals surface area contributed by atoms with Crippen molar-refractivity contribution in [3.63, 3.8) is 0 Å². The maximum atomic E-state index is 13.1. The van der Waals surface area contributed by atoms with Gasteiger partial charge in [-0.25, -0.2) is 0 Å². The Balaban J connectivity index is 2.12. The Bertz CT molecular complexity index is 944. The maximum Gasteiger partial charge on any atom is 0.308 e. The largest absolute Gasteiger partial charge is 0.493 e. The Morgan fingerprint density at radius 2 is 2.03 bits per heavy atom. The zero-order valence-electron chi connectivity index (χ0n) is 19.0. The molecule has 1 N–H and O–H groups in total. The summed E-state index contributed by atoms with van der Waals surface area (Å²) in [5.41, 5.74) is 1.67. The second-order valence-corrected chi connectivity index (χ2v) is 7.80. The van der Waals surface area contributed by atoms with E-state index in [1.807, 2.05) is 0 Å². The molecule has 180 valence electrons. The highest BCUT2D eigenvalue weighted by Gasteiger charge is 2.39. The molecular formula is C23H28ClNO8. The monoisotopic (exact) mass is 481 g/mol. The molecule has 1 unspecified atom stereocenters. The van der Waals surface area contributed by atoms with E-state index >= 15 is 0 Å². The first kappa shape index (κ1) is 25.0. The first-order chi connectivity index (χ1) is 15.9. The normalized spacial score (nSPS) is 22.6. The molecule has 1 aromatic rings. The van der Waals surface area contributed by atoms with Crippen molar-refractivity contribution in [1.82, 2.24) is 5.32 Å². The minimum Gasteiger partial charge on any atom is -0.493 e. The molecule has 1 aromatic carbocycles. The molecule has 1 aliphatic carbocycles. The molecule has 9 nitrogen and oxygen atoms in total. The third kappa shape index (κ3) is 5.67. The summed E-state index contributed by atoms with van der Waals surface area (Å²) in [4.78, 5) is 25.3. The number of carbonyl (C=O) groups excluding carboxylic acids is 2. The van der Waals surface area contributed by atoms with Crippen LogP contribution in [0.5, 0.6) is 11.5 Å². The lowest BCUT2D eigenvalue weighted by Crippen LogP contribution is -2.39. The Hall–Kier alpha value is -2.59. The van der Waals surface area contributed by atoms with Crippen LogP contribution in [0.4, 0.5) is 0 Å². The van der Waals surface area contributed by atoms with Crippen LogP contribution in [0.15, 0.2) is 40.6 Å². The number of hydrogen-bond donors (Lipinski definition) is 1. The highest BCUT2D eigenvalue weighted by Crippen LogP contribution is 2.44. The summed E-state index contributed by atoms with van der Waals surface area (Å²) in [6.45, 7) is 1.89. The van der Waals surface area contributed by atoms with Gasteiger partial charge in [0.2, 0.25) is 0 Å². The van der Waals surface area contributed by atoms with Gasteiger partial charge in [0.05, 0.1) is 32.9 Å². The SMILES string of the molecule is CCOC(=O)C[C@H]1O[C@H](c2cccc(OC)c2OC)C2=C(NC1=O)C(OCOC)CC(Cl)=C2. The van der Waals surface area contributed by atoms with Crippen molar-refractivity contribution >= 4 is 23.5 Å². The van der Waals surface area contributed by atoms with Crippen molar-refractivity contribution < 1.29 is 38.0 Å². The summed E-state index contributed by atoms with van der Waals surface area (Å²) in [5.74, 6) is -0.109. The van der Waals surface area contributed by atoms with Crippen molar-refractivity contribution in [2.45, 2.75) is 38.1 Å². The smallest absolute Gasteiger partial charge is 0.308 e. The third-order valence-electron chi connectivity index (χ3n) is 5.22. The van der Waals surface area contributed by atoms with E-state index in [9.17, 15) is 9.59 Å². The van der Waals surface area contributed by atoms with Crippen LogP contribution in [0.3, 0.4) is 0 Å². The molecule has 0 fully saturated rings. The van der Waals surface area contributed by atoms with Crippen LogP contribution >= 0.6 is 11.6 Å². The predicted molar refractivity (Wildman–Crippen MR) is 119 cm³/mol. The number of esters is 1. The molecule has 2 aliphatic rings. The molecule has 1 aliphatic heterocycles. The first-order valence-corrected chi connectivity index (χ1v) is 10.8. The zero-order valence-corrected chi connectivity index (χ0v) is 19.8. The van der Waals surface area contributed by atoms with Crippen LogP contribution < -0.4 is 14.8 Å². The summed E-state index contributed by atoms with van der Waals surface area (Å²) in [6, 6.07) is 5.34. The number of methoxy groups -OCH3 is 3. The molecule has 3 rings (SSSR count). The number of carbonyl (C=O) groups is 2. The van der Waals surface area contributed by atoms with Gasteiger partial charge in [0, 0.05) is 29.7 Å². The number of rotatable bonds is 9. The molecule has 0 saturated heterocycles. The Morgan fingerprint density at radius 1 is 1.24 bits per heavy atom. The van der Waals surface area contributed by atoms with E-state index in [4.69, 9.17) is 40.0 Å². The van der Waals surface area contributed by atoms with Crippen molar-refractivity contribution in [1.29, 1.82) is 0 Å². The van der Waals surface area contributed by atoms with Gasteiger partial charge in [0.15, 0.2) is 11.5 Å². The Morgan fingerprint density at radius 3 is 2.70 bits per heavy atom. The summed E-state index contributed by atoms with van der Waals surface area (Å²) >= 11 is 6.45. The van der Waals surface area contributed by atoms with Gasteiger partial charge in [-0.15, -0.1) is 0 Å².